The zero-order valence-electron chi connectivity index (χ0n) is 10.3. The quantitative estimate of drug-likeness (QED) is 0.653. The zero-order chi connectivity index (χ0) is 13.1. The molecule has 1 aromatic rings. The molecule has 0 atom stereocenters. The van der Waals surface area contributed by atoms with Gasteiger partial charge in [0.25, 0.3) is 0 Å². The summed E-state index contributed by atoms with van der Waals surface area (Å²) in [5.74, 6) is 1.26. The van der Waals surface area contributed by atoms with Gasteiger partial charge in [0.1, 0.15) is 5.76 Å². The molecule has 0 saturated heterocycles. The van der Waals surface area contributed by atoms with Gasteiger partial charge in [0.2, 0.25) is 0 Å². The Morgan fingerprint density at radius 2 is 2.26 bits per heavy atom. The molecular formula is C16H12N2O. The molecule has 0 aliphatic carbocycles. The van der Waals surface area contributed by atoms with Gasteiger partial charge in [-0.25, -0.2) is 0 Å². The van der Waals surface area contributed by atoms with E-state index < -0.39 is 0 Å². The molecule has 92 valence electrons. The van der Waals surface area contributed by atoms with E-state index in [1.165, 1.54) is 0 Å². The Labute approximate surface area is 111 Å². The van der Waals surface area contributed by atoms with Gasteiger partial charge in [-0.2, -0.15) is 0 Å². The van der Waals surface area contributed by atoms with Gasteiger partial charge in [0.05, 0.1) is 5.70 Å². The summed E-state index contributed by atoms with van der Waals surface area (Å²) in [4.78, 5) is 8.52. The van der Waals surface area contributed by atoms with Crippen LogP contribution in [0.1, 0.15) is 6.42 Å². The largest absolute Gasteiger partial charge is 0.455 e. The summed E-state index contributed by atoms with van der Waals surface area (Å²) in [6.45, 7) is 3.92. The van der Waals surface area contributed by atoms with Gasteiger partial charge in [-0.1, -0.05) is 12.7 Å². The summed E-state index contributed by atoms with van der Waals surface area (Å²) in [5, 5.41) is 2.10. The summed E-state index contributed by atoms with van der Waals surface area (Å²) in [7, 11) is 0. The Morgan fingerprint density at radius 1 is 1.32 bits per heavy atom. The van der Waals surface area contributed by atoms with Gasteiger partial charge in [-0.15, -0.1) is 5.73 Å². The minimum absolute atomic E-state index is 0.574. The zero-order valence-corrected chi connectivity index (χ0v) is 10.3. The highest BCUT2D eigenvalue weighted by molar-refractivity contribution is 5.73. The van der Waals surface area contributed by atoms with Crippen LogP contribution in [0.5, 0.6) is 0 Å². The molecule has 3 rings (SSSR count). The number of hydrogen-bond donors (Lipinski definition) is 0. The number of allylic oxidation sites excluding steroid dienone is 3. The minimum atomic E-state index is 0.574. The number of aromatic nitrogens is 1. The maximum Gasteiger partial charge on any atom is 0.156 e. The molecule has 3 heterocycles. The van der Waals surface area contributed by atoms with Crippen LogP contribution in [0.25, 0.3) is 12.2 Å². The second-order valence-electron chi connectivity index (χ2n) is 4.19. The van der Waals surface area contributed by atoms with E-state index >= 15 is 0 Å². The number of rotatable bonds is 0. The molecule has 0 aromatic carbocycles. The van der Waals surface area contributed by atoms with Crippen molar-refractivity contribution in [1.29, 1.82) is 0 Å². The SMILES string of the molecule is C=C1/C=c2/ccnc/c2=C/CC2=C(C=C=CC=N2)O1. The van der Waals surface area contributed by atoms with E-state index in [9.17, 15) is 0 Å². The molecule has 0 N–H and O–H groups in total. The Kier molecular flexibility index (Phi) is 2.97. The first kappa shape index (κ1) is 11.5. The fourth-order valence-corrected chi connectivity index (χ4v) is 1.95. The van der Waals surface area contributed by atoms with Crippen LogP contribution in [0.2, 0.25) is 0 Å². The van der Waals surface area contributed by atoms with Crippen LogP contribution in [0.3, 0.4) is 0 Å². The smallest absolute Gasteiger partial charge is 0.156 e. The highest BCUT2D eigenvalue weighted by atomic mass is 16.5. The molecular weight excluding hydrogens is 236 g/mol. The maximum atomic E-state index is 5.75. The lowest BCUT2D eigenvalue weighted by Crippen LogP contribution is -2.24. The van der Waals surface area contributed by atoms with E-state index in [1.54, 1.807) is 24.6 Å². The normalized spacial score (nSPS) is 20.5. The lowest BCUT2D eigenvalue weighted by Gasteiger charge is -2.07. The van der Waals surface area contributed by atoms with Crippen LogP contribution in [-0.4, -0.2) is 11.2 Å². The molecule has 0 unspecified atom stereocenters. The van der Waals surface area contributed by atoms with Crippen molar-refractivity contribution in [2.75, 3.05) is 0 Å². The molecule has 0 bridgehead atoms. The third kappa shape index (κ3) is 2.46. The van der Waals surface area contributed by atoms with Crippen molar-refractivity contribution in [3.8, 4) is 0 Å². The number of nitrogens with zero attached hydrogens (tertiary/aromatic N) is 2. The number of aliphatic imine (C=N–C) groups is 1. The van der Waals surface area contributed by atoms with Crippen LogP contribution >= 0.6 is 0 Å². The standard InChI is InChI=1S/C16H12N2O/c1-12-10-13-7-9-17-11-14(13)5-6-15-16(19-12)4-2-3-8-18-15/h3-5,7-11H,1,6H2/b13-10-,14-5-. The molecule has 3 nitrogen and oxygen atoms in total. The molecule has 19 heavy (non-hydrogen) atoms. The van der Waals surface area contributed by atoms with Gasteiger partial charge < -0.3 is 4.74 Å². The molecule has 0 amide bonds. The third-order valence-corrected chi connectivity index (χ3v) is 2.86. The lowest BCUT2D eigenvalue weighted by atomic mass is 10.2. The van der Waals surface area contributed by atoms with E-state index in [0.29, 0.717) is 17.9 Å². The van der Waals surface area contributed by atoms with Crippen molar-refractivity contribution < 1.29 is 4.74 Å². The lowest BCUT2D eigenvalue weighted by molar-refractivity contribution is 0.339. The van der Waals surface area contributed by atoms with Crippen LogP contribution < -0.4 is 10.4 Å². The van der Waals surface area contributed by atoms with E-state index in [2.05, 4.69) is 28.4 Å². The Balaban J connectivity index is 2.18. The summed E-state index contributed by atoms with van der Waals surface area (Å²) in [5.41, 5.74) is 3.85. The summed E-state index contributed by atoms with van der Waals surface area (Å²) in [6.07, 6.45) is 13.5. The maximum absolute atomic E-state index is 5.75. The van der Waals surface area contributed by atoms with Crippen molar-refractivity contribution in [2.24, 2.45) is 4.99 Å². The van der Waals surface area contributed by atoms with Crippen LogP contribution in [0.15, 0.2) is 65.1 Å². The molecule has 2 aliphatic heterocycles. The first-order chi connectivity index (χ1) is 9.33. The van der Waals surface area contributed by atoms with Crippen molar-refractivity contribution in [3.05, 3.63) is 70.6 Å². The van der Waals surface area contributed by atoms with E-state index in [-0.39, 0.29) is 0 Å². The Hall–Kier alpha value is -2.64. The van der Waals surface area contributed by atoms with Crippen molar-refractivity contribution in [2.45, 2.75) is 6.42 Å². The first-order valence-electron chi connectivity index (χ1n) is 6.00. The van der Waals surface area contributed by atoms with E-state index in [1.807, 2.05) is 18.3 Å². The van der Waals surface area contributed by atoms with Gasteiger partial charge >= 0.3 is 0 Å². The monoisotopic (exact) mass is 248 g/mol. The molecule has 1 aromatic heterocycles. The second-order valence-corrected chi connectivity index (χ2v) is 4.19. The third-order valence-electron chi connectivity index (χ3n) is 2.86. The summed E-state index contributed by atoms with van der Waals surface area (Å²) < 4.78 is 5.75. The summed E-state index contributed by atoms with van der Waals surface area (Å²) >= 11 is 0. The van der Waals surface area contributed by atoms with Gasteiger partial charge in [-0.05, 0) is 28.7 Å². The predicted molar refractivity (Wildman–Crippen MR) is 75.4 cm³/mol. The fourth-order valence-electron chi connectivity index (χ4n) is 1.95. The predicted octanol–water partition coefficient (Wildman–Crippen LogP) is 1.58. The highest BCUT2D eigenvalue weighted by Gasteiger charge is 2.07. The molecule has 0 spiro atoms. The molecule has 0 saturated carbocycles. The van der Waals surface area contributed by atoms with Crippen LogP contribution in [0.4, 0.5) is 0 Å². The van der Waals surface area contributed by atoms with Crippen molar-refractivity contribution in [1.82, 2.24) is 4.98 Å². The van der Waals surface area contributed by atoms with Gasteiger partial charge in [0, 0.05) is 31.1 Å². The minimum Gasteiger partial charge on any atom is -0.455 e. The Morgan fingerprint density at radius 3 is 3.21 bits per heavy atom. The highest BCUT2D eigenvalue weighted by Crippen LogP contribution is 2.18. The molecule has 3 heteroatoms. The van der Waals surface area contributed by atoms with E-state index in [4.69, 9.17) is 4.74 Å². The van der Waals surface area contributed by atoms with Crippen molar-refractivity contribution in [3.63, 3.8) is 0 Å². The second kappa shape index (κ2) is 4.92. The van der Waals surface area contributed by atoms with Gasteiger partial charge in [-0.3, -0.25) is 9.98 Å². The fraction of sp³-hybridized carbons (Fsp3) is 0.0625. The average Bonchev–Trinajstić information content (AvgIpc) is 2.59. The van der Waals surface area contributed by atoms with Gasteiger partial charge in [0.15, 0.2) is 5.76 Å². The first-order valence-corrected chi connectivity index (χ1v) is 6.00. The van der Waals surface area contributed by atoms with E-state index in [0.717, 1.165) is 16.1 Å². The number of fused-ring (bicyclic) bond motifs is 1. The number of hydrogen-bond acceptors (Lipinski definition) is 3. The molecule has 2 aliphatic rings. The van der Waals surface area contributed by atoms with Crippen molar-refractivity contribution >= 4 is 18.4 Å². The Bertz CT molecular complexity index is 775. The van der Waals surface area contributed by atoms with Crippen LogP contribution in [0, 0.1) is 0 Å². The molecule has 0 fully saturated rings. The summed E-state index contributed by atoms with van der Waals surface area (Å²) in [6, 6.07) is 1.94. The number of pyridine rings is 1. The molecule has 0 radical (unpaired) electrons. The average molecular weight is 248 g/mol. The number of ether oxygens (including phenoxy) is 1. The van der Waals surface area contributed by atoms with Crippen LogP contribution in [-0.2, 0) is 4.74 Å². The topological polar surface area (TPSA) is 34.5 Å².